The van der Waals surface area contributed by atoms with Crippen molar-refractivity contribution in [3.8, 4) is 23.0 Å². The molecule has 0 saturated carbocycles. The van der Waals surface area contributed by atoms with E-state index in [2.05, 4.69) is 21.9 Å². The molecule has 0 spiro atoms. The number of nitrogens with zero attached hydrogens (tertiary/aromatic N) is 4. The van der Waals surface area contributed by atoms with E-state index in [0.29, 0.717) is 24.1 Å². The zero-order valence-electron chi connectivity index (χ0n) is 19.6. The van der Waals surface area contributed by atoms with Gasteiger partial charge in [-0.15, -0.1) is 11.8 Å². The highest BCUT2D eigenvalue weighted by molar-refractivity contribution is 8.00. The Labute approximate surface area is 208 Å². The average Bonchev–Trinajstić information content (AvgIpc) is 3.13. The van der Waals surface area contributed by atoms with Crippen LogP contribution in [0.15, 0.2) is 73.3 Å². The number of hydrogen-bond donors (Lipinski definition) is 1. The molecule has 1 atom stereocenters. The molecule has 35 heavy (non-hydrogen) atoms. The highest BCUT2D eigenvalue weighted by Crippen LogP contribution is 2.46. The Morgan fingerprint density at radius 3 is 2.51 bits per heavy atom. The highest BCUT2D eigenvalue weighted by Gasteiger charge is 2.33. The Balaban J connectivity index is 1.71. The van der Waals surface area contributed by atoms with E-state index in [1.54, 1.807) is 22.5 Å². The van der Waals surface area contributed by atoms with Crippen molar-refractivity contribution in [3.63, 3.8) is 0 Å². The zero-order valence-corrected chi connectivity index (χ0v) is 20.4. The Morgan fingerprint density at radius 2 is 1.83 bits per heavy atom. The molecule has 2 aromatic carbocycles. The molecular formula is C27H25N5O2S. The van der Waals surface area contributed by atoms with E-state index in [-0.39, 0.29) is 11.2 Å². The number of nitrogens with one attached hydrogen (secondary N) is 1. The first-order valence-corrected chi connectivity index (χ1v) is 12.3. The molecule has 3 heterocycles. The normalized spacial score (nSPS) is 15.1. The maximum atomic E-state index is 12.8. The fraction of sp³-hybridized carbons (Fsp3) is 0.185. The van der Waals surface area contributed by atoms with Crippen molar-refractivity contribution in [1.29, 1.82) is 0 Å². The molecule has 2 aromatic heterocycles. The smallest absolute Gasteiger partial charge is 0.252 e. The van der Waals surface area contributed by atoms with Gasteiger partial charge in [-0.2, -0.15) is 9.78 Å². The first-order chi connectivity index (χ1) is 17.0. The van der Waals surface area contributed by atoms with Crippen molar-refractivity contribution in [1.82, 2.24) is 19.7 Å². The molecule has 1 aliphatic rings. The predicted octanol–water partition coefficient (Wildman–Crippen LogP) is 5.29. The number of aromatic nitrogens is 4. The molecule has 1 unspecified atom stereocenters. The maximum absolute atomic E-state index is 12.8. The topological polar surface area (TPSA) is 81.9 Å². The first-order valence-electron chi connectivity index (χ1n) is 11.3. The van der Waals surface area contributed by atoms with E-state index in [9.17, 15) is 4.79 Å². The van der Waals surface area contributed by atoms with Gasteiger partial charge in [-0.1, -0.05) is 55.1 Å². The summed E-state index contributed by atoms with van der Waals surface area (Å²) in [4.78, 5) is 22.1. The monoisotopic (exact) mass is 483 g/mol. The van der Waals surface area contributed by atoms with Gasteiger partial charge in [-0.3, -0.25) is 4.79 Å². The van der Waals surface area contributed by atoms with Crippen molar-refractivity contribution >= 4 is 23.5 Å². The Morgan fingerprint density at radius 1 is 1.11 bits per heavy atom. The summed E-state index contributed by atoms with van der Waals surface area (Å²) in [5.74, 6) is 2.02. The second kappa shape index (κ2) is 9.76. The van der Waals surface area contributed by atoms with Crippen LogP contribution in [0.4, 0.5) is 5.82 Å². The quantitative estimate of drug-likeness (QED) is 0.376. The zero-order chi connectivity index (χ0) is 24.4. The van der Waals surface area contributed by atoms with Crippen molar-refractivity contribution in [2.24, 2.45) is 0 Å². The molecule has 7 nitrogen and oxygen atoms in total. The van der Waals surface area contributed by atoms with Crippen LogP contribution in [0.3, 0.4) is 0 Å². The number of fused-ring (bicyclic) bond motifs is 1. The molecule has 1 aliphatic heterocycles. The number of aryl methyl sites for hydroxylation is 2. The molecule has 176 valence electrons. The van der Waals surface area contributed by atoms with Gasteiger partial charge in [0.1, 0.15) is 18.2 Å². The van der Waals surface area contributed by atoms with Crippen LogP contribution in [0, 0.1) is 13.8 Å². The third kappa shape index (κ3) is 4.70. The average molecular weight is 484 g/mol. The Bertz CT molecular complexity index is 1360. The summed E-state index contributed by atoms with van der Waals surface area (Å²) in [6, 6.07) is 19.9. The summed E-state index contributed by atoms with van der Waals surface area (Å²) in [6.07, 6.45) is 1.72. The number of carbonyl (C=O) groups is 1. The fourth-order valence-electron chi connectivity index (χ4n) is 4.12. The third-order valence-electron chi connectivity index (χ3n) is 5.58. The van der Waals surface area contributed by atoms with Gasteiger partial charge in [0, 0.05) is 22.5 Å². The molecule has 0 saturated heterocycles. The molecule has 8 heteroatoms. The van der Waals surface area contributed by atoms with Crippen molar-refractivity contribution in [3.05, 3.63) is 95.8 Å². The summed E-state index contributed by atoms with van der Waals surface area (Å²) in [5.41, 5.74) is 5.39. The molecular weight excluding hydrogens is 458 g/mol. The van der Waals surface area contributed by atoms with Gasteiger partial charge in [0.05, 0.1) is 16.7 Å². The van der Waals surface area contributed by atoms with E-state index < -0.39 is 0 Å². The lowest BCUT2D eigenvalue weighted by Gasteiger charge is -2.17. The van der Waals surface area contributed by atoms with Gasteiger partial charge in [0.2, 0.25) is 5.91 Å². The number of carbonyl (C=O) groups excluding carboxylic acids is 1. The summed E-state index contributed by atoms with van der Waals surface area (Å²) < 4.78 is 7.32. The molecule has 4 aromatic rings. The molecule has 0 bridgehead atoms. The molecule has 0 radical (unpaired) electrons. The molecule has 5 rings (SSSR count). The number of benzene rings is 2. The summed E-state index contributed by atoms with van der Waals surface area (Å²) in [6.45, 7) is 7.99. The number of rotatable bonds is 6. The Hall–Kier alpha value is -3.91. The summed E-state index contributed by atoms with van der Waals surface area (Å²) in [7, 11) is 0. The predicted molar refractivity (Wildman–Crippen MR) is 139 cm³/mol. The van der Waals surface area contributed by atoms with E-state index in [1.165, 1.54) is 0 Å². The minimum absolute atomic E-state index is 0.0881. The number of ether oxygens (including phenoxy) is 1. The van der Waals surface area contributed by atoms with Crippen molar-refractivity contribution < 1.29 is 9.53 Å². The summed E-state index contributed by atoms with van der Waals surface area (Å²) in [5, 5.41) is 7.90. The minimum atomic E-state index is -0.132. The van der Waals surface area contributed by atoms with Crippen LogP contribution in [0.25, 0.3) is 17.2 Å². The summed E-state index contributed by atoms with van der Waals surface area (Å²) >= 11 is 1.57. The fourth-order valence-corrected chi connectivity index (χ4v) is 5.25. The molecule has 1 N–H and O–H groups in total. The van der Waals surface area contributed by atoms with Gasteiger partial charge in [0.25, 0.3) is 5.95 Å². The van der Waals surface area contributed by atoms with E-state index in [0.717, 1.165) is 39.5 Å². The molecule has 1 amide bonds. The van der Waals surface area contributed by atoms with Gasteiger partial charge in [0.15, 0.2) is 0 Å². The lowest BCUT2D eigenvalue weighted by atomic mass is 10.00. The largest absolute Gasteiger partial charge is 0.490 e. The number of anilines is 1. The van der Waals surface area contributed by atoms with Crippen LogP contribution in [0.5, 0.6) is 5.75 Å². The van der Waals surface area contributed by atoms with Crippen LogP contribution in [0.2, 0.25) is 0 Å². The molecule has 0 fully saturated rings. The lowest BCUT2D eigenvalue weighted by molar-refractivity contribution is -0.113. The van der Waals surface area contributed by atoms with Crippen molar-refractivity contribution in [2.45, 2.75) is 19.1 Å². The molecule has 0 aliphatic carbocycles. The SMILES string of the molecule is C=CCOc1ccc(C2SCC(=O)Nc3c2c(-c2ccccc2)nn3-c2nc(C)cc(C)n2)cc1. The number of hydrogen-bond acceptors (Lipinski definition) is 6. The number of amides is 1. The van der Waals surface area contributed by atoms with Crippen molar-refractivity contribution in [2.75, 3.05) is 17.7 Å². The van der Waals surface area contributed by atoms with Crippen LogP contribution in [-0.4, -0.2) is 38.0 Å². The second-order valence-electron chi connectivity index (χ2n) is 8.25. The standard InChI is InChI=1S/C27H25N5O2S/c1-4-14-34-21-12-10-20(11-13-21)25-23-24(19-8-6-5-7-9-19)31-32(26(23)30-22(33)16-35-25)27-28-17(2)15-18(3)29-27/h4-13,15,25H,1,14,16H2,2-3H3,(H,30,33). The van der Waals surface area contributed by atoms with E-state index in [4.69, 9.17) is 9.84 Å². The van der Waals surface area contributed by atoms with Crippen LogP contribution < -0.4 is 10.1 Å². The minimum Gasteiger partial charge on any atom is -0.490 e. The van der Waals surface area contributed by atoms with E-state index in [1.807, 2.05) is 74.5 Å². The number of thioether (sulfide) groups is 1. The van der Waals surface area contributed by atoms with Gasteiger partial charge < -0.3 is 10.1 Å². The van der Waals surface area contributed by atoms with Crippen LogP contribution in [0.1, 0.15) is 27.8 Å². The van der Waals surface area contributed by atoms with Gasteiger partial charge in [-0.25, -0.2) is 9.97 Å². The third-order valence-corrected chi connectivity index (χ3v) is 6.85. The first kappa shape index (κ1) is 22.9. The highest BCUT2D eigenvalue weighted by atomic mass is 32.2. The Kier molecular flexibility index (Phi) is 6.37. The van der Waals surface area contributed by atoms with E-state index >= 15 is 0 Å². The van der Waals surface area contributed by atoms with Gasteiger partial charge in [-0.05, 0) is 37.6 Å². The second-order valence-corrected chi connectivity index (χ2v) is 9.34. The van der Waals surface area contributed by atoms with Crippen LogP contribution >= 0.6 is 11.8 Å². The maximum Gasteiger partial charge on any atom is 0.252 e. The lowest BCUT2D eigenvalue weighted by Crippen LogP contribution is -2.17. The van der Waals surface area contributed by atoms with Crippen LogP contribution in [-0.2, 0) is 4.79 Å². The van der Waals surface area contributed by atoms with Gasteiger partial charge >= 0.3 is 0 Å².